The van der Waals surface area contributed by atoms with Gasteiger partial charge in [-0.25, -0.2) is 0 Å². The lowest BCUT2D eigenvalue weighted by Gasteiger charge is -2.29. The molecule has 0 bridgehead atoms. The quantitative estimate of drug-likeness (QED) is 0.361. The summed E-state index contributed by atoms with van der Waals surface area (Å²) in [6.07, 6.45) is 0. The number of nitrogens with zero attached hydrogens (tertiary/aromatic N) is 4. The average Bonchev–Trinajstić information content (AvgIpc) is 2.61. The summed E-state index contributed by atoms with van der Waals surface area (Å²) in [6.45, 7) is 12.4. The summed E-state index contributed by atoms with van der Waals surface area (Å²) in [5, 5.41) is 16.6. The fourth-order valence-electron chi connectivity index (χ4n) is 2.49. The lowest BCUT2D eigenvalue weighted by atomic mass is 10.1. The van der Waals surface area contributed by atoms with Crippen LogP contribution in [0.4, 0.5) is 5.82 Å². The standard InChI is InChI=1S/C14H27N5O/c1-9(2)7-19(8-10(3)4)14-12(13(15)17-20)11(5)16-18(14)6/h9-10,20H,7-8H2,1-6H3,(H2,15,17). The predicted molar refractivity (Wildman–Crippen MR) is 82.3 cm³/mol. The van der Waals surface area contributed by atoms with Gasteiger partial charge in [-0.05, 0) is 18.8 Å². The van der Waals surface area contributed by atoms with Crippen molar-refractivity contribution < 1.29 is 5.21 Å². The zero-order valence-corrected chi connectivity index (χ0v) is 13.4. The summed E-state index contributed by atoms with van der Waals surface area (Å²) < 4.78 is 1.81. The van der Waals surface area contributed by atoms with E-state index in [0.29, 0.717) is 11.8 Å². The molecule has 1 rings (SSSR count). The summed E-state index contributed by atoms with van der Waals surface area (Å²) >= 11 is 0. The molecule has 0 aliphatic carbocycles. The van der Waals surface area contributed by atoms with E-state index >= 15 is 0 Å². The molecule has 0 atom stereocenters. The van der Waals surface area contributed by atoms with E-state index in [4.69, 9.17) is 10.9 Å². The van der Waals surface area contributed by atoms with Crippen LogP contribution in [0.2, 0.25) is 0 Å². The molecule has 6 nitrogen and oxygen atoms in total. The maximum atomic E-state index is 9.00. The molecule has 6 heteroatoms. The van der Waals surface area contributed by atoms with E-state index in [1.807, 2.05) is 18.7 Å². The maximum absolute atomic E-state index is 9.00. The molecule has 0 radical (unpaired) electrons. The molecule has 0 saturated heterocycles. The van der Waals surface area contributed by atoms with Gasteiger partial charge in [0.15, 0.2) is 5.84 Å². The van der Waals surface area contributed by atoms with Crippen LogP contribution in [0.15, 0.2) is 5.16 Å². The first-order valence-corrected chi connectivity index (χ1v) is 7.04. The molecule has 0 aliphatic rings. The highest BCUT2D eigenvalue weighted by molar-refractivity contribution is 6.02. The molecule has 0 unspecified atom stereocenters. The number of amidine groups is 1. The predicted octanol–water partition coefficient (Wildman–Crippen LogP) is 1.94. The van der Waals surface area contributed by atoms with E-state index in [0.717, 1.165) is 30.2 Å². The second-order valence-electron chi connectivity index (χ2n) is 6.09. The molecule has 0 aliphatic heterocycles. The molecule has 1 heterocycles. The maximum Gasteiger partial charge on any atom is 0.175 e. The number of hydrogen-bond acceptors (Lipinski definition) is 4. The van der Waals surface area contributed by atoms with Gasteiger partial charge in [-0.2, -0.15) is 5.10 Å². The fourth-order valence-corrected chi connectivity index (χ4v) is 2.49. The third kappa shape index (κ3) is 3.65. The second kappa shape index (κ2) is 6.63. The molecule has 0 amide bonds. The third-order valence-electron chi connectivity index (χ3n) is 3.03. The summed E-state index contributed by atoms with van der Waals surface area (Å²) in [6, 6.07) is 0. The van der Waals surface area contributed by atoms with E-state index in [9.17, 15) is 0 Å². The minimum atomic E-state index is 0.114. The first kappa shape index (κ1) is 16.3. The van der Waals surface area contributed by atoms with E-state index in [-0.39, 0.29) is 5.84 Å². The summed E-state index contributed by atoms with van der Waals surface area (Å²) in [7, 11) is 1.89. The van der Waals surface area contributed by atoms with Crippen LogP contribution < -0.4 is 10.6 Å². The van der Waals surface area contributed by atoms with Gasteiger partial charge in [-0.15, -0.1) is 0 Å². The van der Waals surface area contributed by atoms with E-state index < -0.39 is 0 Å². The normalized spacial score (nSPS) is 12.5. The molecular formula is C14H27N5O. The molecule has 20 heavy (non-hydrogen) atoms. The van der Waals surface area contributed by atoms with Gasteiger partial charge in [0.1, 0.15) is 5.82 Å². The van der Waals surface area contributed by atoms with Crippen molar-refractivity contribution in [3.8, 4) is 0 Å². The van der Waals surface area contributed by atoms with Crippen LogP contribution in [0, 0.1) is 18.8 Å². The molecule has 0 fully saturated rings. The van der Waals surface area contributed by atoms with Crippen LogP contribution in [-0.2, 0) is 7.05 Å². The first-order valence-electron chi connectivity index (χ1n) is 7.04. The number of aromatic nitrogens is 2. The van der Waals surface area contributed by atoms with Gasteiger partial charge in [-0.3, -0.25) is 4.68 Å². The van der Waals surface area contributed by atoms with E-state index in [1.54, 1.807) is 0 Å². The number of anilines is 1. The Hall–Kier alpha value is -1.72. The van der Waals surface area contributed by atoms with Gasteiger partial charge >= 0.3 is 0 Å². The average molecular weight is 281 g/mol. The smallest absolute Gasteiger partial charge is 0.175 e. The molecule has 0 spiro atoms. The van der Waals surface area contributed by atoms with Crippen LogP contribution >= 0.6 is 0 Å². The van der Waals surface area contributed by atoms with E-state index in [2.05, 4.69) is 42.8 Å². The largest absolute Gasteiger partial charge is 0.409 e. The van der Waals surface area contributed by atoms with Crippen molar-refractivity contribution in [1.29, 1.82) is 0 Å². The number of hydrogen-bond donors (Lipinski definition) is 2. The van der Waals surface area contributed by atoms with Crippen molar-refractivity contribution in [1.82, 2.24) is 9.78 Å². The van der Waals surface area contributed by atoms with Gasteiger partial charge in [0, 0.05) is 20.1 Å². The molecule has 114 valence electrons. The molecular weight excluding hydrogens is 254 g/mol. The van der Waals surface area contributed by atoms with Gasteiger partial charge in [0.05, 0.1) is 11.3 Å². The van der Waals surface area contributed by atoms with Crippen LogP contribution in [0.1, 0.15) is 39.0 Å². The van der Waals surface area contributed by atoms with Gasteiger partial charge in [0.25, 0.3) is 0 Å². The monoisotopic (exact) mass is 281 g/mol. The number of aryl methyl sites for hydroxylation is 2. The Bertz CT molecular complexity index is 466. The minimum absolute atomic E-state index is 0.114. The molecule has 3 N–H and O–H groups in total. The Morgan fingerprint density at radius 2 is 1.80 bits per heavy atom. The topological polar surface area (TPSA) is 79.7 Å². The van der Waals surface area contributed by atoms with Gasteiger partial charge in [-0.1, -0.05) is 32.9 Å². The van der Waals surface area contributed by atoms with Crippen LogP contribution in [-0.4, -0.2) is 33.9 Å². The zero-order valence-electron chi connectivity index (χ0n) is 13.4. The summed E-state index contributed by atoms with van der Waals surface area (Å²) in [5.74, 6) is 2.07. The summed E-state index contributed by atoms with van der Waals surface area (Å²) in [5.41, 5.74) is 7.32. The van der Waals surface area contributed by atoms with Crippen molar-refractivity contribution in [3.63, 3.8) is 0 Å². The van der Waals surface area contributed by atoms with Crippen LogP contribution in [0.25, 0.3) is 0 Å². The Balaban J connectivity index is 3.31. The minimum Gasteiger partial charge on any atom is -0.409 e. The number of oxime groups is 1. The Kier molecular flexibility index (Phi) is 5.42. The number of rotatable bonds is 6. The molecule has 1 aromatic heterocycles. The molecule has 1 aromatic rings. The zero-order chi connectivity index (χ0) is 15.4. The highest BCUT2D eigenvalue weighted by atomic mass is 16.4. The van der Waals surface area contributed by atoms with E-state index in [1.165, 1.54) is 0 Å². The van der Waals surface area contributed by atoms with Crippen molar-refractivity contribution >= 4 is 11.7 Å². The van der Waals surface area contributed by atoms with Crippen molar-refractivity contribution in [2.45, 2.75) is 34.6 Å². The lowest BCUT2D eigenvalue weighted by Crippen LogP contribution is -2.34. The second-order valence-corrected chi connectivity index (χ2v) is 6.09. The molecule has 0 aromatic carbocycles. The van der Waals surface area contributed by atoms with Gasteiger partial charge < -0.3 is 15.8 Å². The Morgan fingerprint density at radius 3 is 2.20 bits per heavy atom. The van der Waals surface area contributed by atoms with Crippen LogP contribution in [0.5, 0.6) is 0 Å². The SMILES string of the molecule is Cc1nn(C)c(N(CC(C)C)CC(C)C)c1C(N)=NO. The van der Waals surface area contributed by atoms with Gasteiger partial charge in [0.2, 0.25) is 0 Å². The van der Waals surface area contributed by atoms with Crippen LogP contribution in [0.3, 0.4) is 0 Å². The third-order valence-corrected chi connectivity index (χ3v) is 3.03. The van der Waals surface area contributed by atoms with Crippen molar-refractivity contribution in [3.05, 3.63) is 11.3 Å². The first-order chi connectivity index (χ1) is 9.27. The summed E-state index contributed by atoms with van der Waals surface area (Å²) in [4.78, 5) is 2.27. The highest BCUT2D eigenvalue weighted by Gasteiger charge is 2.23. The fraction of sp³-hybridized carbons (Fsp3) is 0.714. The van der Waals surface area contributed by atoms with Crippen molar-refractivity contribution in [2.75, 3.05) is 18.0 Å². The lowest BCUT2D eigenvalue weighted by molar-refractivity contribution is 0.318. The Morgan fingerprint density at radius 1 is 1.30 bits per heavy atom. The van der Waals surface area contributed by atoms with Crippen molar-refractivity contribution in [2.24, 2.45) is 29.8 Å². The molecule has 0 saturated carbocycles. The highest BCUT2D eigenvalue weighted by Crippen LogP contribution is 2.25. The number of nitrogens with two attached hydrogens (primary N) is 1. The Labute approximate surface area is 121 Å².